The maximum Gasteiger partial charge on any atom is 0.228 e. The molecule has 0 aromatic heterocycles. The zero-order valence-corrected chi connectivity index (χ0v) is 16.6. The molecule has 0 bridgehead atoms. The van der Waals surface area contributed by atoms with Gasteiger partial charge >= 0.3 is 0 Å². The van der Waals surface area contributed by atoms with Crippen molar-refractivity contribution in [3.05, 3.63) is 66.0 Å². The van der Waals surface area contributed by atoms with E-state index in [4.69, 9.17) is 0 Å². The molecule has 2 amide bonds. The highest BCUT2D eigenvalue weighted by atomic mass is 19.1. The van der Waals surface area contributed by atoms with E-state index in [0.717, 1.165) is 11.3 Å². The normalized spacial score (nSPS) is 20.8. The van der Waals surface area contributed by atoms with Crippen LogP contribution < -0.4 is 4.90 Å². The number of hydrogen-bond donors (Lipinski definition) is 0. The summed E-state index contributed by atoms with van der Waals surface area (Å²) in [4.78, 5) is 30.9. The Morgan fingerprint density at radius 1 is 1.03 bits per heavy atom. The number of para-hydroxylation sites is 1. The van der Waals surface area contributed by atoms with Crippen molar-refractivity contribution in [1.29, 1.82) is 5.26 Å². The molecule has 0 unspecified atom stereocenters. The third-order valence-corrected chi connectivity index (χ3v) is 5.84. The third-order valence-electron chi connectivity index (χ3n) is 5.84. The zero-order chi connectivity index (χ0) is 21.1. The number of anilines is 1. The van der Waals surface area contributed by atoms with Gasteiger partial charge in [-0.05, 0) is 29.8 Å². The van der Waals surface area contributed by atoms with Crippen LogP contribution in [0.3, 0.4) is 0 Å². The average Bonchev–Trinajstić information content (AvgIpc) is 3.18. The highest BCUT2D eigenvalue weighted by Gasteiger charge is 2.38. The molecule has 30 heavy (non-hydrogen) atoms. The molecule has 2 heterocycles. The van der Waals surface area contributed by atoms with Gasteiger partial charge in [0.2, 0.25) is 11.8 Å². The van der Waals surface area contributed by atoms with Gasteiger partial charge < -0.3 is 9.80 Å². The molecule has 6 nitrogen and oxygen atoms in total. The molecule has 2 saturated heterocycles. The minimum absolute atomic E-state index is 0.00304. The Hall–Kier alpha value is -3.24. The van der Waals surface area contributed by atoms with Gasteiger partial charge in [-0.3, -0.25) is 14.5 Å². The highest BCUT2D eigenvalue weighted by Crippen LogP contribution is 2.27. The van der Waals surface area contributed by atoms with Gasteiger partial charge in [-0.2, -0.15) is 5.26 Å². The minimum atomic E-state index is -0.468. The van der Waals surface area contributed by atoms with Gasteiger partial charge in [0.15, 0.2) is 0 Å². The summed E-state index contributed by atoms with van der Waals surface area (Å²) in [6, 6.07) is 17.2. The van der Waals surface area contributed by atoms with Crippen LogP contribution in [0.15, 0.2) is 54.6 Å². The number of piperazine rings is 1. The summed E-state index contributed by atoms with van der Waals surface area (Å²) >= 11 is 0. The van der Waals surface area contributed by atoms with Gasteiger partial charge in [0.25, 0.3) is 0 Å². The second-order valence-electron chi connectivity index (χ2n) is 7.69. The molecule has 0 N–H and O–H groups in total. The van der Waals surface area contributed by atoms with Crippen molar-refractivity contribution in [3.8, 4) is 6.07 Å². The van der Waals surface area contributed by atoms with Gasteiger partial charge in [-0.1, -0.05) is 30.3 Å². The number of hydrogen-bond acceptors (Lipinski definition) is 4. The number of amides is 2. The first-order valence-corrected chi connectivity index (χ1v) is 10.1. The van der Waals surface area contributed by atoms with E-state index in [-0.39, 0.29) is 30.0 Å². The molecule has 2 aromatic carbocycles. The van der Waals surface area contributed by atoms with E-state index in [1.54, 1.807) is 21.9 Å². The fourth-order valence-electron chi connectivity index (χ4n) is 4.20. The lowest BCUT2D eigenvalue weighted by atomic mass is 10.0. The molecule has 2 aliphatic heterocycles. The summed E-state index contributed by atoms with van der Waals surface area (Å²) in [5, 5.41) is 9.61. The molecule has 0 radical (unpaired) electrons. The second kappa shape index (κ2) is 8.64. The van der Waals surface area contributed by atoms with Crippen molar-refractivity contribution in [2.75, 3.05) is 37.6 Å². The van der Waals surface area contributed by atoms with Crippen LogP contribution >= 0.6 is 0 Å². The largest absolute Gasteiger partial charge is 0.340 e. The van der Waals surface area contributed by atoms with E-state index in [0.29, 0.717) is 32.7 Å². The molecule has 7 heteroatoms. The Labute approximate surface area is 175 Å². The first kappa shape index (κ1) is 20.0. The van der Waals surface area contributed by atoms with E-state index >= 15 is 0 Å². The molecule has 2 aliphatic rings. The van der Waals surface area contributed by atoms with E-state index in [1.165, 1.54) is 12.1 Å². The van der Waals surface area contributed by atoms with Gasteiger partial charge in [-0.25, -0.2) is 4.39 Å². The van der Waals surface area contributed by atoms with Crippen molar-refractivity contribution in [2.24, 2.45) is 5.92 Å². The van der Waals surface area contributed by atoms with E-state index in [9.17, 15) is 19.2 Å². The molecule has 2 fully saturated rings. The Balaban J connectivity index is 1.36. The predicted molar refractivity (Wildman–Crippen MR) is 110 cm³/mol. The maximum atomic E-state index is 13.2. The van der Waals surface area contributed by atoms with Crippen LogP contribution in [0.5, 0.6) is 0 Å². The van der Waals surface area contributed by atoms with Crippen LogP contribution in [0.25, 0.3) is 0 Å². The van der Waals surface area contributed by atoms with E-state index in [2.05, 4.69) is 6.07 Å². The Morgan fingerprint density at radius 2 is 1.70 bits per heavy atom. The lowest BCUT2D eigenvalue weighted by Gasteiger charge is -2.37. The fourth-order valence-corrected chi connectivity index (χ4v) is 4.20. The molecular formula is C23H23FN4O2. The smallest absolute Gasteiger partial charge is 0.228 e. The number of benzene rings is 2. The molecule has 4 rings (SSSR count). The molecule has 0 saturated carbocycles. The number of nitriles is 1. The number of nitrogens with zero attached hydrogens (tertiary/aromatic N) is 4. The predicted octanol–water partition coefficient (Wildman–Crippen LogP) is 2.59. The van der Waals surface area contributed by atoms with Crippen molar-refractivity contribution in [2.45, 2.75) is 12.5 Å². The highest BCUT2D eigenvalue weighted by molar-refractivity contribution is 6.00. The van der Waals surface area contributed by atoms with Crippen LogP contribution in [-0.4, -0.2) is 54.3 Å². The first-order valence-electron chi connectivity index (χ1n) is 10.1. The molecule has 2 aromatic rings. The van der Waals surface area contributed by atoms with Crippen LogP contribution in [-0.2, 0) is 9.59 Å². The Bertz CT molecular complexity index is 949. The maximum absolute atomic E-state index is 13.2. The van der Waals surface area contributed by atoms with Crippen molar-refractivity contribution in [1.82, 2.24) is 9.80 Å². The SMILES string of the molecule is N#C[C@@H](c1ccc(F)cc1)N1CCN(C(=O)[C@H]2CC(=O)N(c3ccccc3)C2)CC1. The number of halogens is 1. The van der Waals surface area contributed by atoms with Crippen LogP contribution in [0.4, 0.5) is 10.1 Å². The lowest BCUT2D eigenvalue weighted by molar-refractivity contribution is -0.137. The molecule has 154 valence electrons. The Morgan fingerprint density at radius 3 is 2.33 bits per heavy atom. The minimum Gasteiger partial charge on any atom is -0.340 e. The van der Waals surface area contributed by atoms with Crippen LogP contribution in [0, 0.1) is 23.1 Å². The number of carbonyl (C=O) groups is 2. The third kappa shape index (κ3) is 4.05. The number of rotatable bonds is 4. The van der Waals surface area contributed by atoms with Crippen LogP contribution in [0.2, 0.25) is 0 Å². The van der Waals surface area contributed by atoms with Gasteiger partial charge in [0, 0.05) is 44.8 Å². The Kier molecular flexibility index (Phi) is 5.77. The summed E-state index contributed by atoms with van der Waals surface area (Å²) in [6.45, 7) is 2.54. The van der Waals surface area contributed by atoms with E-state index < -0.39 is 6.04 Å². The lowest BCUT2D eigenvalue weighted by Crippen LogP contribution is -2.51. The van der Waals surface area contributed by atoms with Crippen molar-refractivity contribution >= 4 is 17.5 Å². The van der Waals surface area contributed by atoms with Crippen molar-refractivity contribution < 1.29 is 14.0 Å². The topological polar surface area (TPSA) is 67.6 Å². The first-order chi connectivity index (χ1) is 14.6. The summed E-state index contributed by atoms with van der Waals surface area (Å²) in [7, 11) is 0. The molecule has 0 spiro atoms. The summed E-state index contributed by atoms with van der Waals surface area (Å²) < 4.78 is 13.2. The second-order valence-corrected chi connectivity index (χ2v) is 7.69. The monoisotopic (exact) mass is 406 g/mol. The van der Waals surface area contributed by atoms with Gasteiger partial charge in [0.1, 0.15) is 11.9 Å². The quantitative estimate of drug-likeness (QED) is 0.783. The molecule has 0 aliphatic carbocycles. The summed E-state index contributed by atoms with van der Waals surface area (Å²) in [6.07, 6.45) is 0.227. The summed E-state index contributed by atoms with van der Waals surface area (Å²) in [5.74, 6) is -0.703. The van der Waals surface area contributed by atoms with Gasteiger partial charge in [0.05, 0.1) is 12.0 Å². The molecule has 2 atom stereocenters. The summed E-state index contributed by atoms with van der Waals surface area (Å²) in [5.41, 5.74) is 1.57. The van der Waals surface area contributed by atoms with Crippen LogP contribution in [0.1, 0.15) is 18.0 Å². The van der Waals surface area contributed by atoms with Crippen molar-refractivity contribution in [3.63, 3.8) is 0 Å². The molecular weight excluding hydrogens is 383 g/mol. The zero-order valence-electron chi connectivity index (χ0n) is 16.6. The fraction of sp³-hybridized carbons (Fsp3) is 0.348. The standard InChI is InChI=1S/C23H23FN4O2/c24-19-8-6-17(7-9-19)21(15-25)26-10-12-27(13-11-26)23(30)18-14-22(29)28(16-18)20-4-2-1-3-5-20/h1-9,18,21H,10-14,16H2/t18-,21-/m0/s1. The average molecular weight is 406 g/mol. The number of carbonyl (C=O) groups excluding carboxylic acids is 2. The van der Waals surface area contributed by atoms with Gasteiger partial charge in [-0.15, -0.1) is 0 Å². The van der Waals surface area contributed by atoms with E-state index in [1.807, 2.05) is 35.2 Å².